The van der Waals surface area contributed by atoms with Crippen LogP contribution < -0.4 is 5.73 Å². The molecule has 9 heavy (non-hydrogen) atoms. The Morgan fingerprint density at radius 1 is 1.56 bits per heavy atom. The molecule has 0 aliphatic carbocycles. The van der Waals surface area contributed by atoms with Gasteiger partial charge < -0.3 is 5.73 Å². The Balaban J connectivity index is 0. The summed E-state index contributed by atoms with van der Waals surface area (Å²) in [5.74, 6) is 1.05. The van der Waals surface area contributed by atoms with Crippen LogP contribution in [0.2, 0.25) is 0 Å². The lowest BCUT2D eigenvalue weighted by Gasteiger charge is -1.90. The molecule has 0 aromatic rings. The van der Waals surface area contributed by atoms with E-state index in [9.17, 15) is 0 Å². The van der Waals surface area contributed by atoms with E-state index in [0.717, 1.165) is 12.2 Å². The molecule has 0 heterocycles. The summed E-state index contributed by atoms with van der Waals surface area (Å²) < 4.78 is 0.557. The van der Waals surface area contributed by atoms with Crippen molar-refractivity contribution >= 4 is 28.3 Å². The highest BCUT2D eigenvalue weighted by atomic mass is 32.2. The first kappa shape index (κ1) is 12.0. The standard InChI is InChI=1S/C4H9NS2.C2H6/c1-2-3-7-4(5)6;1-2/h2-3H2,1H3,(H2,5,6);1-2H3. The molecular formula is C6H15NS2. The summed E-state index contributed by atoms with van der Waals surface area (Å²) in [4.78, 5) is 0. The topological polar surface area (TPSA) is 26.0 Å². The molecule has 0 fully saturated rings. The average Bonchev–Trinajstić information content (AvgIpc) is 1.88. The zero-order valence-corrected chi connectivity index (χ0v) is 7.94. The van der Waals surface area contributed by atoms with Crippen molar-refractivity contribution in [2.45, 2.75) is 27.2 Å². The minimum atomic E-state index is 0.557. The lowest BCUT2D eigenvalue weighted by Crippen LogP contribution is -2.01. The molecule has 0 bridgehead atoms. The van der Waals surface area contributed by atoms with Gasteiger partial charge in [0.05, 0.1) is 0 Å². The van der Waals surface area contributed by atoms with E-state index in [1.807, 2.05) is 13.8 Å². The minimum Gasteiger partial charge on any atom is -0.385 e. The number of rotatable bonds is 2. The molecule has 1 nitrogen and oxygen atoms in total. The first-order chi connectivity index (χ1) is 4.27. The molecule has 0 spiro atoms. The second kappa shape index (κ2) is 11.1. The van der Waals surface area contributed by atoms with Crippen molar-refractivity contribution in [2.75, 3.05) is 5.75 Å². The van der Waals surface area contributed by atoms with Gasteiger partial charge in [-0.2, -0.15) is 0 Å². The number of thioether (sulfide) groups is 1. The van der Waals surface area contributed by atoms with Crippen LogP contribution >= 0.6 is 24.0 Å². The van der Waals surface area contributed by atoms with E-state index in [-0.39, 0.29) is 0 Å². The van der Waals surface area contributed by atoms with E-state index in [4.69, 9.17) is 5.73 Å². The summed E-state index contributed by atoms with van der Waals surface area (Å²) in [7, 11) is 0. The Morgan fingerprint density at radius 2 is 2.00 bits per heavy atom. The van der Waals surface area contributed by atoms with E-state index in [0.29, 0.717) is 4.32 Å². The van der Waals surface area contributed by atoms with Crippen LogP contribution in [-0.4, -0.2) is 10.1 Å². The number of hydrogen-bond acceptors (Lipinski definition) is 2. The van der Waals surface area contributed by atoms with Crippen LogP contribution in [0.25, 0.3) is 0 Å². The Morgan fingerprint density at radius 3 is 2.11 bits per heavy atom. The van der Waals surface area contributed by atoms with Crippen LogP contribution in [-0.2, 0) is 0 Å². The van der Waals surface area contributed by atoms with Crippen molar-refractivity contribution in [3.8, 4) is 0 Å². The van der Waals surface area contributed by atoms with Gasteiger partial charge in [-0.1, -0.05) is 44.8 Å². The van der Waals surface area contributed by atoms with Crippen molar-refractivity contribution in [1.29, 1.82) is 0 Å². The fourth-order valence-electron chi connectivity index (χ4n) is 0.203. The maximum atomic E-state index is 5.17. The zero-order valence-electron chi connectivity index (χ0n) is 6.31. The normalized spacial score (nSPS) is 7.44. The van der Waals surface area contributed by atoms with E-state index in [1.54, 1.807) is 11.8 Å². The molecular weight excluding hydrogens is 150 g/mol. The maximum absolute atomic E-state index is 5.17. The summed E-state index contributed by atoms with van der Waals surface area (Å²) in [5, 5.41) is 0. The molecule has 0 saturated heterocycles. The van der Waals surface area contributed by atoms with Crippen LogP contribution in [0.4, 0.5) is 0 Å². The van der Waals surface area contributed by atoms with Crippen molar-refractivity contribution < 1.29 is 0 Å². The summed E-state index contributed by atoms with van der Waals surface area (Å²) in [6.07, 6.45) is 1.14. The fourth-order valence-corrected chi connectivity index (χ4v) is 0.858. The Hall–Kier alpha value is 0.240. The van der Waals surface area contributed by atoms with Crippen LogP contribution in [0.15, 0.2) is 0 Å². The molecule has 0 aromatic carbocycles. The average molecular weight is 165 g/mol. The highest BCUT2D eigenvalue weighted by Crippen LogP contribution is 1.99. The predicted molar refractivity (Wildman–Crippen MR) is 50.9 cm³/mol. The molecule has 0 rings (SSSR count). The zero-order chi connectivity index (χ0) is 7.70. The second-order valence-electron chi connectivity index (χ2n) is 1.17. The number of thiocarbonyl (C=S) groups is 1. The van der Waals surface area contributed by atoms with Gasteiger partial charge in [-0.15, -0.1) is 0 Å². The molecule has 0 amide bonds. The van der Waals surface area contributed by atoms with Crippen molar-refractivity contribution in [1.82, 2.24) is 0 Å². The predicted octanol–water partition coefficient (Wildman–Crippen LogP) is 2.40. The van der Waals surface area contributed by atoms with Crippen LogP contribution in [0.1, 0.15) is 27.2 Å². The summed E-state index contributed by atoms with van der Waals surface area (Å²) in [6.45, 7) is 6.10. The molecule has 0 unspecified atom stereocenters. The van der Waals surface area contributed by atoms with Gasteiger partial charge >= 0.3 is 0 Å². The van der Waals surface area contributed by atoms with Gasteiger partial charge in [-0.25, -0.2) is 0 Å². The lowest BCUT2D eigenvalue weighted by molar-refractivity contribution is 1.11. The Bertz CT molecular complexity index is 64.1. The highest BCUT2D eigenvalue weighted by molar-refractivity contribution is 8.22. The van der Waals surface area contributed by atoms with Gasteiger partial charge in [-0.05, 0) is 12.2 Å². The highest BCUT2D eigenvalue weighted by Gasteiger charge is 1.84. The largest absolute Gasteiger partial charge is 0.385 e. The van der Waals surface area contributed by atoms with E-state index >= 15 is 0 Å². The third kappa shape index (κ3) is 17.8. The third-order valence-corrected chi connectivity index (χ3v) is 1.70. The van der Waals surface area contributed by atoms with Crippen LogP contribution in [0.5, 0.6) is 0 Å². The molecule has 0 atom stereocenters. The van der Waals surface area contributed by atoms with Gasteiger partial charge in [0, 0.05) is 0 Å². The quantitative estimate of drug-likeness (QED) is 0.636. The molecule has 0 aliphatic heterocycles. The van der Waals surface area contributed by atoms with Gasteiger partial charge in [0.2, 0.25) is 0 Å². The molecule has 0 aromatic heterocycles. The van der Waals surface area contributed by atoms with Gasteiger partial charge in [0.25, 0.3) is 0 Å². The van der Waals surface area contributed by atoms with Gasteiger partial charge in [-0.3, -0.25) is 0 Å². The first-order valence-electron chi connectivity index (χ1n) is 3.19. The second-order valence-corrected chi connectivity index (χ2v) is 3.00. The number of nitrogens with two attached hydrogens (primary N) is 1. The monoisotopic (exact) mass is 165 g/mol. The van der Waals surface area contributed by atoms with Gasteiger partial charge in [0.15, 0.2) is 0 Å². The summed E-state index contributed by atoms with van der Waals surface area (Å²) in [6, 6.07) is 0. The fraction of sp³-hybridized carbons (Fsp3) is 0.833. The van der Waals surface area contributed by atoms with Gasteiger partial charge in [0.1, 0.15) is 4.32 Å². The minimum absolute atomic E-state index is 0.557. The smallest absolute Gasteiger partial charge is 0.131 e. The van der Waals surface area contributed by atoms with Crippen molar-refractivity contribution in [2.24, 2.45) is 5.73 Å². The molecule has 56 valence electrons. The Kier molecular flexibility index (Phi) is 14.8. The van der Waals surface area contributed by atoms with E-state index in [1.165, 1.54) is 0 Å². The number of hydrogen-bond donors (Lipinski definition) is 1. The van der Waals surface area contributed by atoms with Crippen LogP contribution in [0, 0.1) is 0 Å². The Labute approximate surface area is 67.4 Å². The summed E-state index contributed by atoms with van der Waals surface area (Å²) in [5.41, 5.74) is 5.17. The molecule has 0 saturated carbocycles. The van der Waals surface area contributed by atoms with Crippen molar-refractivity contribution in [3.05, 3.63) is 0 Å². The molecule has 2 N–H and O–H groups in total. The maximum Gasteiger partial charge on any atom is 0.131 e. The SMILES string of the molecule is CC.CCCSC(N)=S. The lowest BCUT2D eigenvalue weighted by atomic mass is 10.6. The molecule has 0 radical (unpaired) electrons. The van der Waals surface area contributed by atoms with E-state index < -0.39 is 0 Å². The summed E-state index contributed by atoms with van der Waals surface area (Å²) >= 11 is 6.14. The molecule has 0 aliphatic rings. The third-order valence-electron chi connectivity index (χ3n) is 0.448. The van der Waals surface area contributed by atoms with Crippen molar-refractivity contribution in [3.63, 3.8) is 0 Å². The first-order valence-corrected chi connectivity index (χ1v) is 4.59. The van der Waals surface area contributed by atoms with E-state index in [2.05, 4.69) is 19.1 Å². The van der Waals surface area contributed by atoms with Crippen LogP contribution in [0.3, 0.4) is 0 Å². The molecule has 3 heteroatoms.